The number of hydroxylamine groups is 1. The number of nitrogens with one attached hydrogen (secondary N) is 1. The summed E-state index contributed by atoms with van der Waals surface area (Å²) in [6.45, 7) is 5.80. The van der Waals surface area contributed by atoms with Crippen LogP contribution < -0.4 is 5.48 Å². The Morgan fingerprint density at radius 3 is 2.62 bits per heavy atom. The minimum Gasteiger partial charge on any atom is -0.305 e. The SMILES string of the molecule is C=CCC(/C=C/c1ccc(C)cc1)NOC. The van der Waals surface area contributed by atoms with Crippen LogP contribution in [0.15, 0.2) is 43.0 Å². The van der Waals surface area contributed by atoms with E-state index in [-0.39, 0.29) is 6.04 Å². The maximum Gasteiger partial charge on any atom is 0.0572 e. The second-order valence-corrected chi connectivity index (χ2v) is 3.72. The number of aryl methyl sites for hydroxylation is 1. The van der Waals surface area contributed by atoms with E-state index in [1.807, 2.05) is 6.08 Å². The van der Waals surface area contributed by atoms with Crippen LogP contribution in [0.4, 0.5) is 0 Å². The van der Waals surface area contributed by atoms with Crippen LogP contribution >= 0.6 is 0 Å². The van der Waals surface area contributed by atoms with Gasteiger partial charge in [0, 0.05) is 0 Å². The zero-order valence-corrected chi connectivity index (χ0v) is 9.94. The Morgan fingerprint density at radius 2 is 2.06 bits per heavy atom. The first-order valence-electron chi connectivity index (χ1n) is 5.40. The molecule has 0 amide bonds. The molecule has 2 nitrogen and oxygen atoms in total. The first kappa shape index (κ1) is 12.7. The fourth-order valence-corrected chi connectivity index (χ4v) is 1.40. The van der Waals surface area contributed by atoms with Crippen molar-refractivity contribution in [3.63, 3.8) is 0 Å². The maximum absolute atomic E-state index is 4.92. The van der Waals surface area contributed by atoms with Gasteiger partial charge in [0.25, 0.3) is 0 Å². The van der Waals surface area contributed by atoms with Gasteiger partial charge in [-0.2, -0.15) is 5.48 Å². The summed E-state index contributed by atoms with van der Waals surface area (Å²) in [4.78, 5) is 4.92. The van der Waals surface area contributed by atoms with Gasteiger partial charge < -0.3 is 4.84 Å². The van der Waals surface area contributed by atoms with Gasteiger partial charge in [0.1, 0.15) is 0 Å². The summed E-state index contributed by atoms with van der Waals surface area (Å²) in [5.41, 5.74) is 5.37. The molecule has 16 heavy (non-hydrogen) atoms. The molecule has 0 aliphatic heterocycles. The Hall–Kier alpha value is -1.38. The molecule has 0 saturated carbocycles. The van der Waals surface area contributed by atoms with Crippen LogP contribution in [0.2, 0.25) is 0 Å². The zero-order chi connectivity index (χ0) is 11.8. The summed E-state index contributed by atoms with van der Waals surface area (Å²) >= 11 is 0. The van der Waals surface area contributed by atoms with Crippen molar-refractivity contribution in [3.8, 4) is 0 Å². The van der Waals surface area contributed by atoms with E-state index >= 15 is 0 Å². The molecule has 0 bridgehead atoms. The monoisotopic (exact) mass is 217 g/mol. The Labute approximate surface area is 97.6 Å². The summed E-state index contributed by atoms with van der Waals surface area (Å²) in [6.07, 6.45) is 6.88. The van der Waals surface area contributed by atoms with Crippen molar-refractivity contribution in [3.05, 3.63) is 54.1 Å². The first-order chi connectivity index (χ1) is 7.76. The van der Waals surface area contributed by atoms with Crippen LogP contribution in [-0.4, -0.2) is 13.2 Å². The molecule has 86 valence electrons. The fraction of sp³-hybridized carbons (Fsp3) is 0.286. The number of rotatable bonds is 6. The van der Waals surface area contributed by atoms with Gasteiger partial charge >= 0.3 is 0 Å². The van der Waals surface area contributed by atoms with E-state index in [0.717, 1.165) is 6.42 Å². The molecule has 1 atom stereocenters. The van der Waals surface area contributed by atoms with E-state index in [1.54, 1.807) is 7.11 Å². The molecule has 0 heterocycles. The molecule has 0 aromatic heterocycles. The quantitative estimate of drug-likeness (QED) is 0.584. The van der Waals surface area contributed by atoms with Crippen molar-refractivity contribution in [1.82, 2.24) is 5.48 Å². The lowest BCUT2D eigenvalue weighted by atomic mass is 10.1. The van der Waals surface area contributed by atoms with Gasteiger partial charge in [0.15, 0.2) is 0 Å². The molecule has 1 unspecified atom stereocenters. The van der Waals surface area contributed by atoms with E-state index in [1.165, 1.54) is 11.1 Å². The van der Waals surface area contributed by atoms with Gasteiger partial charge in [0.05, 0.1) is 13.2 Å². The molecule has 0 spiro atoms. The van der Waals surface area contributed by atoms with Crippen molar-refractivity contribution >= 4 is 6.08 Å². The van der Waals surface area contributed by atoms with E-state index in [2.05, 4.69) is 55.4 Å². The molecule has 1 N–H and O–H groups in total. The Bertz CT molecular complexity index is 340. The van der Waals surface area contributed by atoms with Gasteiger partial charge in [-0.3, -0.25) is 0 Å². The second-order valence-electron chi connectivity index (χ2n) is 3.72. The first-order valence-corrected chi connectivity index (χ1v) is 5.40. The molecule has 1 aromatic rings. The normalized spacial score (nSPS) is 12.9. The highest BCUT2D eigenvalue weighted by molar-refractivity contribution is 5.50. The highest BCUT2D eigenvalue weighted by atomic mass is 16.6. The standard InChI is InChI=1S/C14H19NO/c1-4-5-14(15-16-3)11-10-13-8-6-12(2)7-9-13/h4,6-11,14-15H,1,5H2,2-3H3/b11-10+. The number of benzene rings is 1. The van der Waals surface area contributed by atoms with Crippen LogP contribution in [0.3, 0.4) is 0 Å². The minimum atomic E-state index is 0.170. The van der Waals surface area contributed by atoms with Gasteiger partial charge in [-0.05, 0) is 18.9 Å². The lowest BCUT2D eigenvalue weighted by Gasteiger charge is -2.10. The summed E-state index contributed by atoms with van der Waals surface area (Å²) in [5.74, 6) is 0. The summed E-state index contributed by atoms with van der Waals surface area (Å²) in [5, 5.41) is 0. The van der Waals surface area contributed by atoms with Crippen molar-refractivity contribution in [1.29, 1.82) is 0 Å². The molecule has 0 aliphatic carbocycles. The Morgan fingerprint density at radius 1 is 1.38 bits per heavy atom. The minimum absolute atomic E-state index is 0.170. The van der Waals surface area contributed by atoms with Crippen molar-refractivity contribution in [2.75, 3.05) is 7.11 Å². The molecule has 0 saturated heterocycles. The fourth-order valence-electron chi connectivity index (χ4n) is 1.40. The van der Waals surface area contributed by atoms with Crippen LogP contribution in [0.25, 0.3) is 6.08 Å². The molecule has 0 aliphatic rings. The predicted molar refractivity (Wildman–Crippen MR) is 69.0 cm³/mol. The summed E-state index contributed by atoms with van der Waals surface area (Å²) < 4.78 is 0. The molecule has 0 radical (unpaired) electrons. The van der Waals surface area contributed by atoms with Crippen LogP contribution in [0, 0.1) is 6.92 Å². The van der Waals surface area contributed by atoms with Crippen molar-refractivity contribution < 1.29 is 4.84 Å². The molecule has 1 rings (SSSR count). The number of hydrogen-bond acceptors (Lipinski definition) is 2. The highest BCUT2D eigenvalue weighted by Gasteiger charge is 1.99. The second kappa shape index (κ2) is 6.99. The van der Waals surface area contributed by atoms with E-state index < -0.39 is 0 Å². The van der Waals surface area contributed by atoms with E-state index in [9.17, 15) is 0 Å². The largest absolute Gasteiger partial charge is 0.305 e. The molecule has 0 fully saturated rings. The Balaban J connectivity index is 2.61. The molecular formula is C14H19NO. The molecule has 2 heteroatoms. The molecular weight excluding hydrogens is 198 g/mol. The predicted octanol–water partition coefficient (Wildman–Crippen LogP) is 3.10. The lowest BCUT2D eigenvalue weighted by molar-refractivity contribution is 0.0746. The van der Waals surface area contributed by atoms with E-state index in [4.69, 9.17) is 4.84 Å². The third-order valence-electron chi connectivity index (χ3n) is 2.29. The third kappa shape index (κ3) is 4.43. The zero-order valence-electron chi connectivity index (χ0n) is 9.94. The van der Waals surface area contributed by atoms with E-state index in [0.29, 0.717) is 0 Å². The van der Waals surface area contributed by atoms with Crippen molar-refractivity contribution in [2.24, 2.45) is 0 Å². The van der Waals surface area contributed by atoms with Crippen LogP contribution in [-0.2, 0) is 4.84 Å². The van der Waals surface area contributed by atoms with Crippen LogP contribution in [0.1, 0.15) is 17.5 Å². The average Bonchev–Trinajstić information content (AvgIpc) is 2.29. The maximum atomic E-state index is 4.92. The summed E-state index contributed by atoms with van der Waals surface area (Å²) in [6, 6.07) is 8.58. The highest BCUT2D eigenvalue weighted by Crippen LogP contribution is 2.06. The average molecular weight is 217 g/mol. The lowest BCUT2D eigenvalue weighted by Crippen LogP contribution is -2.25. The van der Waals surface area contributed by atoms with Gasteiger partial charge in [0.2, 0.25) is 0 Å². The topological polar surface area (TPSA) is 21.3 Å². The van der Waals surface area contributed by atoms with Crippen molar-refractivity contribution in [2.45, 2.75) is 19.4 Å². The van der Waals surface area contributed by atoms with Crippen LogP contribution in [0.5, 0.6) is 0 Å². The summed E-state index contributed by atoms with van der Waals surface area (Å²) in [7, 11) is 1.62. The molecule has 1 aromatic carbocycles. The van der Waals surface area contributed by atoms with Gasteiger partial charge in [-0.1, -0.05) is 48.1 Å². The third-order valence-corrected chi connectivity index (χ3v) is 2.29. The Kier molecular flexibility index (Phi) is 5.54. The number of hydrogen-bond donors (Lipinski definition) is 1. The van der Waals surface area contributed by atoms with Gasteiger partial charge in [-0.15, -0.1) is 6.58 Å². The smallest absolute Gasteiger partial charge is 0.0572 e. The van der Waals surface area contributed by atoms with Gasteiger partial charge in [-0.25, -0.2) is 0 Å².